The van der Waals surface area contributed by atoms with E-state index in [-0.39, 0.29) is 35.3 Å². The standard InChI is InChI=1S/C16H18ClF2N3O3/c17-11-1-9(2-12(3-11)25-14(18)19)8-22(13(23)7-21-15(20)24)16-4-10(5-16)6-16/h1-3,10,14H,4-8H2,(H3,20,21,24). The van der Waals surface area contributed by atoms with Crippen LogP contribution in [-0.2, 0) is 11.3 Å². The van der Waals surface area contributed by atoms with Crippen LogP contribution in [0.1, 0.15) is 24.8 Å². The number of carbonyl (C=O) groups is 2. The molecule has 0 unspecified atom stereocenters. The molecule has 3 amide bonds. The fraction of sp³-hybridized carbons (Fsp3) is 0.500. The van der Waals surface area contributed by atoms with Crippen molar-refractivity contribution in [2.75, 3.05) is 6.54 Å². The summed E-state index contributed by atoms with van der Waals surface area (Å²) in [4.78, 5) is 25.1. The van der Waals surface area contributed by atoms with Gasteiger partial charge in [0.25, 0.3) is 0 Å². The highest BCUT2D eigenvalue weighted by molar-refractivity contribution is 6.30. The summed E-state index contributed by atoms with van der Waals surface area (Å²) < 4.78 is 29.3. The summed E-state index contributed by atoms with van der Waals surface area (Å²) in [5.74, 6) is 0.308. The van der Waals surface area contributed by atoms with E-state index in [1.54, 1.807) is 11.0 Å². The van der Waals surface area contributed by atoms with Crippen molar-refractivity contribution >= 4 is 23.5 Å². The molecule has 1 aromatic carbocycles. The first-order valence-electron chi connectivity index (χ1n) is 7.85. The quantitative estimate of drug-likeness (QED) is 0.770. The van der Waals surface area contributed by atoms with Crippen molar-refractivity contribution in [3.63, 3.8) is 0 Å². The number of nitrogens with one attached hydrogen (secondary N) is 1. The Kier molecular flexibility index (Phi) is 4.73. The predicted molar refractivity (Wildman–Crippen MR) is 86.3 cm³/mol. The van der Waals surface area contributed by atoms with Gasteiger partial charge in [0.1, 0.15) is 5.75 Å². The van der Waals surface area contributed by atoms with Crippen molar-refractivity contribution in [3.05, 3.63) is 28.8 Å². The van der Waals surface area contributed by atoms with Gasteiger partial charge in [0.05, 0.1) is 6.54 Å². The molecule has 1 aromatic rings. The molecule has 3 aliphatic rings. The fourth-order valence-corrected chi connectivity index (χ4v) is 3.86. The lowest BCUT2D eigenvalue weighted by Crippen LogP contribution is -2.70. The Labute approximate surface area is 148 Å². The molecule has 4 rings (SSSR count). The van der Waals surface area contributed by atoms with Crippen molar-refractivity contribution in [3.8, 4) is 5.75 Å². The molecule has 25 heavy (non-hydrogen) atoms. The highest BCUT2D eigenvalue weighted by Crippen LogP contribution is 2.60. The summed E-state index contributed by atoms with van der Waals surface area (Å²) in [5, 5.41) is 2.54. The van der Waals surface area contributed by atoms with Crippen molar-refractivity contribution in [1.29, 1.82) is 0 Å². The third-order valence-corrected chi connectivity index (χ3v) is 5.01. The van der Waals surface area contributed by atoms with Crippen LogP contribution < -0.4 is 15.8 Å². The minimum Gasteiger partial charge on any atom is -0.435 e. The average Bonchev–Trinajstić information content (AvgIpc) is 2.39. The number of ether oxygens (including phenoxy) is 1. The summed E-state index contributed by atoms with van der Waals surface area (Å²) in [5.41, 5.74) is 5.39. The van der Waals surface area contributed by atoms with Gasteiger partial charge in [-0.1, -0.05) is 11.6 Å². The Bertz CT molecular complexity index is 684. The lowest BCUT2D eigenvalue weighted by Gasteiger charge is -2.66. The molecule has 2 bridgehead atoms. The van der Waals surface area contributed by atoms with Crippen molar-refractivity contribution < 1.29 is 23.1 Å². The van der Waals surface area contributed by atoms with Gasteiger partial charge in [0, 0.05) is 17.1 Å². The highest BCUT2D eigenvalue weighted by Gasteiger charge is 2.61. The number of primary amides is 1. The van der Waals surface area contributed by atoms with Crippen LogP contribution in [0.2, 0.25) is 5.02 Å². The maximum atomic E-state index is 12.5. The molecule has 136 valence electrons. The molecule has 0 saturated heterocycles. The van der Waals surface area contributed by atoms with Gasteiger partial charge in [-0.2, -0.15) is 8.78 Å². The topological polar surface area (TPSA) is 84.7 Å². The maximum absolute atomic E-state index is 12.5. The second-order valence-corrected chi connectivity index (χ2v) is 7.01. The van der Waals surface area contributed by atoms with Gasteiger partial charge < -0.3 is 20.7 Å². The molecule has 3 fully saturated rings. The lowest BCUT2D eigenvalue weighted by molar-refractivity contribution is -0.173. The number of benzene rings is 1. The van der Waals surface area contributed by atoms with Crippen LogP contribution >= 0.6 is 11.6 Å². The van der Waals surface area contributed by atoms with E-state index in [9.17, 15) is 18.4 Å². The van der Waals surface area contributed by atoms with E-state index in [4.69, 9.17) is 17.3 Å². The Morgan fingerprint density at radius 3 is 2.56 bits per heavy atom. The van der Waals surface area contributed by atoms with E-state index >= 15 is 0 Å². The van der Waals surface area contributed by atoms with Crippen LogP contribution in [0, 0.1) is 5.92 Å². The van der Waals surface area contributed by atoms with Crippen molar-refractivity contribution in [2.24, 2.45) is 11.7 Å². The van der Waals surface area contributed by atoms with Gasteiger partial charge in [0.15, 0.2) is 0 Å². The van der Waals surface area contributed by atoms with Gasteiger partial charge in [0.2, 0.25) is 5.91 Å². The monoisotopic (exact) mass is 373 g/mol. The largest absolute Gasteiger partial charge is 0.435 e. The van der Waals surface area contributed by atoms with Crippen LogP contribution in [0.25, 0.3) is 0 Å². The molecule has 3 N–H and O–H groups in total. The summed E-state index contributed by atoms with van der Waals surface area (Å²) in [6.07, 6.45) is 2.74. The van der Waals surface area contributed by atoms with Gasteiger partial charge in [-0.25, -0.2) is 4.79 Å². The molecule has 0 spiro atoms. The number of rotatable bonds is 7. The predicted octanol–water partition coefficient (Wildman–Crippen LogP) is 2.49. The highest BCUT2D eigenvalue weighted by atomic mass is 35.5. The third kappa shape index (κ3) is 3.78. The summed E-state index contributed by atoms with van der Waals surface area (Å²) in [7, 11) is 0. The molecule has 6 nitrogen and oxygen atoms in total. The Balaban J connectivity index is 1.77. The second-order valence-electron chi connectivity index (χ2n) is 6.57. The Morgan fingerprint density at radius 1 is 1.36 bits per heavy atom. The lowest BCUT2D eigenvalue weighted by atomic mass is 9.49. The SMILES string of the molecule is NC(=O)NCC(=O)N(Cc1cc(Cl)cc(OC(F)F)c1)C12CC(C1)C2. The van der Waals surface area contributed by atoms with E-state index in [1.165, 1.54) is 12.1 Å². The number of carbonyl (C=O) groups excluding carboxylic acids is 2. The number of urea groups is 1. The van der Waals surface area contributed by atoms with Crippen LogP contribution in [0.15, 0.2) is 18.2 Å². The Morgan fingerprint density at radius 2 is 2.04 bits per heavy atom. The Hall–Kier alpha value is -2.09. The minimum absolute atomic E-state index is 0.0576. The van der Waals surface area contributed by atoms with E-state index in [2.05, 4.69) is 10.1 Å². The molecule has 3 saturated carbocycles. The first-order chi connectivity index (χ1) is 11.8. The zero-order valence-electron chi connectivity index (χ0n) is 13.3. The van der Waals surface area contributed by atoms with Crippen LogP contribution in [0.4, 0.5) is 13.6 Å². The smallest absolute Gasteiger partial charge is 0.387 e. The number of halogens is 3. The van der Waals surface area contributed by atoms with E-state index in [1.807, 2.05) is 0 Å². The number of nitrogens with two attached hydrogens (primary N) is 1. The van der Waals surface area contributed by atoms with Crippen molar-refractivity contribution in [2.45, 2.75) is 38.0 Å². The van der Waals surface area contributed by atoms with Gasteiger partial charge >= 0.3 is 12.6 Å². The van der Waals surface area contributed by atoms with Crippen LogP contribution in [0.3, 0.4) is 0 Å². The molecule has 0 aromatic heterocycles. The number of amides is 3. The fourth-order valence-electron chi connectivity index (χ4n) is 3.61. The van der Waals surface area contributed by atoms with Gasteiger partial charge in [-0.3, -0.25) is 4.79 Å². The van der Waals surface area contributed by atoms with Crippen molar-refractivity contribution in [1.82, 2.24) is 10.2 Å². The van der Waals surface area contributed by atoms with Gasteiger partial charge in [-0.05, 0) is 48.9 Å². The molecule has 9 heteroatoms. The van der Waals surface area contributed by atoms with E-state index in [0.717, 1.165) is 19.3 Å². The van der Waals surface area contributed by atoms with Gasteiger partial charge in [-0.15, -0.1) is 0 Å². The molecular formula is C16H18ClF2N3O3. The first kappa shape index (κ1) is 17.7. The molecule has 0 atom stereocenters. The minimum atomic E-state index is -2.96. The zero-order chi connectivity index (χ0) is 18.2. The molecular weight excluding hydrogens is 356 g/mol. The van der Waals surface area contributed by atoms with Crippen LogP contribution in [0.5, 0.6) is 5.75 Å². The maximum Gasteiger partial charge on any atom is 0.387 e. The van der Waals surface area contributed by atoms with Crippen LogP contribution in [-0.4, -0.2) is 35.5 Å². The number of nitrogens with zero attached hydrogens (tertiary/aromatic N) is 1. The molecule has 0 heterocycles. The summed E-state index contributed by atoms with van der Waals surface area (Å²) in [6.45, 7) is -2.96. The summed E-state index contributed by atoms with van der Waals surface area (Å²) in [6, 6.07) is 3.55. The molecule has 0 aliphatic heterocycles. The molecule has 0 radical (unpaired) electrons. The summed E-state index contributed by atoms with van der Waals surface area (Å²) >= 11 is 5.97. The zero-order valence-corrected chi connectivity index (χ0v) is 14.1. The number of hydrogen-bond donors (Lipinski definition) is 2. The van der Waals surface area contributed by atoms with E-state index in [0.29, 0.717) is 11.5 Å². The molecule has 3 aliphatic carbocycles. The first-order valence-corrected chi connectivity index (χ1v) is 8.23. The number of alkyl halides is 2. The average molecular weight is 374 g/mol. The third-order valence-electron chi connectivity index (χ3n) is 4.79. The normalized spacial score (nSPS) is 23.4. The number of hydrogen-bond acceptors (Lipinski definition) is 3. The second kappa shape index (κ2) is 6.67. The van der Waals surface area contributed by atoms with E-state index < -0.39 is 12.6 Å².